The van der Waals surface area contributed by atoms with Crippen LogP contribution < -0.4 is 15.4 Å². The Hall–Kier alpha value is -2.31. The van der Waals surface area contributed by atoms with Crippen LogP contribution in [0.15, 0.2) is 47.6 Å². The molecular formula is C23H31ClN4O2. The molecule has 0 bridgehead atoms. The first-order chi connectivity index (χ1) is 14.6. The van der Waals surface area contributed by atoms with Crippen molar-refractivity contribution >= 4 is 17.6 Å². The first-order valence-electron chi connectivity index (χ1n) is 10.5. The number of methoxy groups -OCH3 is 1. The minimum Gasteiger partial charge on any atom is -0.497 e. The van der Waals surface area contributed by atoms with Gasteiger partial charge in [-0.05, 0) is 55.5 Å². The van der Waals surface area contributed by atoms with Crippen LogP contribution in [0.4, 0.5) is 0 Å². The van der Waals surface area contributed by atoms with Gasteiger partial charge in [0, 0.05) is 37.9 Å². The maximum Gasteiger partial charge on any atom is 0.191 e. The fourth-order valence-corrected chi connectivity index (χ4v) is 3.81. The van der Waals surface area contributed by atoms with Gasteiger partial charge in [0.2, 0.25) is 0 Å². The molecule has 1 fully saturated rings. The molecule has 0 unspecified atom stereocenters. The van der Waals surface area contributed by atoms with Gasteiger partial charge in [0.15, 0.2) is 5.96 Å². The third-order valence-corrected chi connectivity index (χ3v) is 5.75. The van der Waals surface area contributed by atoms with Gasteiger partial charge in [-0.15, -0.1) is 0 Å². The van der Waals surface area contributed by atoms with Gasteiger partial charge in [0.1, 0.15) is 10.9 Å². The average molecular weight is 431 g/mol. The van der Waals surface area contributed by atoms with Crippen molar-refractivity contribution in [2.45, 2.75) is 31.6 Å². The van der Waals surface area contributed by atoms with E-state index in [1.54, 1.807) is 7.11 Å². The molecule has 0 radical (unpaired) electrons. The van der Waals surface area contributed by atoms with E-state index >= 15 is 0 Å². The number of benzene rings is 1. The minimum absolute atomic E-state index is 0.0209. The average Bonchev–Trinajstić information content (AvgIpc) is 2.79. The lowest BCUT2D eigenvalue weighted by molar-refractivity contribution is 0.0531. The van der Waals surface area contributed by atoms with E-state index < -0.39 is 0 Å². The summed E-state index contributed by atoms with van der Waals surface area (Å²) in [6.07, 6.45) is 4.58. The first-order valence-corrected chi connectivity index (χ1v) is 10.9. The van der Waals surface area contributed by atoms with Crippen LogP contribution in [-0.4, -0.2) is 50.9 Å². The molecule has 1 aliphatic heterocycles. The molecule has 0 atom stereocenters. The van der Waals surface area contributed by atoms with Crippen LogP contribution in [-0.2, 0) is 16.6 Å². The second kappa shape index (κ2) is 11.2. The van der Waals surface area contributed by atoms with E-state index in [1.165, 1.54) is 5.56 Å². The Morgan fingerprint density at radius 3 is 2.57 bits per heavy atom. The Morgan fingerprint density at radius 1 is 1.17 bits per heavy atom. The van der Waals surface area contributed by atoms with Crippen molar-refractivity contribution in [3.8, 4) is 5.75 Å². The Morgan fingerprint density at radius 2 is 1.93 bits per heavy atom. The summed E-state index contributed by atoms with van der Waals surface area (Å²) in [6, 6.07) is 12.2. The van der Waals surface area contributed by atoms with Crippen LogP contribution in [0.2, 0.25) is 5.15 Å². The minimum atomic E-state index is -0.0209. The van der Waals surface area contributed by atoms with Crippen molar-refractivity contribution in [1.29, 1.82) is 0 Å². The van der Waals surface area contributed by atoms with Crippen LogP contribution in [0, 0.1) is 0 Å². The molecule has 1 aromatic carbocycles. The Bertz CT molecular complexity index is 803. The Balaban J connectivity index is 1.68. The van der Waals surface area contributed by atoms with Gasteiger partial charge in [0.25, 0.3) is 0 Å². The molecule has 1 aromatic heterocycles. The highest BCUT2D eigenvalue weighted by molar-refractivity contribution is 6.29. The van der Waals surface area contributed by atoms with Gasteiger partial charge in [-0.3, -0.25) is 4.99 Å². The van der Waals surface area contributed by atoms with Gasteiger partial charge >= 0.3 is 0 Å². The molecule has 2 N–H and O–H groups in total. The predicted molar refractivity (Wildman–Crippen MR) is 122 cm³/mol. The van der Waals surface area contributed by atoms with Crippen molar-refractivity contribution < 1.29 is 9.47 Å². The summed E-state index contributed by atoms with van der Waals surface area (Å²) in [7, 11) is 1.69. The fourth-order valence-electron chi connectivity index (χ4n) is 3.70. The molecule has 7 heteroatoms. The van der Waals surface area contributed by atoms with Gasteiger partial charge in [-0.2, -0.15) is 0 Å². The molecule has 2 aromatic rings. The maximum atomic E-state index is 5.86. The highest BCUT2D eigenvalue weighted by atomic mass is 35.5. The SMILES string of the molecule is CCNC(=NCC1(c2ccc(OC)cc2)CCOCC1)NCCc1ccc(Cl)nc1. The number of pyridine rings is 1. The van der Waals surface area contributed by atoms with Crippen LogP contribution >= 0.6 is 11.6 Å². The molecule has 3 rings (SSSR count). The van der Waals surface area contributed by atoms with Crippen molar-refractivity contribution in [2.24, 2.45) is 4.99 Å². The monoisotopic (exact) mass is 430 g/mol. The van der Waals surface area contributed by atoms with E-state index in [-0.39, 0.29) is 5.41 Å². The largest absolute Gasteiger partial charge is 0.497 e. The zero-order chi connectivity index (χ0) is 21.2. The molecule has 0 spiro atoms. The third-order valence-electron chi connectivity index (χ3n) is 5.53. The fraction of sp³-hybridized carbons (Fsp3) is 0.478. The number of aliphatic imine (C=N–C) groups is 1. The predicted octanol–water partition coefficient (Wildman–Crippen LogP) is 3.59. The second-order valence-corrected chi connectivity index (χ2v) is 7.87. The lowest BCUT2D eigenvalue weighted by Gasteiger charge is -2.36. The maximum absolute atomic E-state index is 5.86. The van der Waals surface area contributed by atoms with Gasteiger partial charge in [-0.1, -0.05) is 29.8 Å². The number of halogens is 1. The van der Waals surface area contributed by atoms with Gasteiger partial charge in [0.05, 0.1) is 13.7 Å². The summed E-state index contributed by atoms with van der Waals surface area (Å²) < 4.78 is 11.0. The van der Waals surface area contributed by atoms with Crippen molar-refractivity contribution in [1.82, 2.24) is 15.6 Å². The van der Waals surface area contributed by atoms with Gasteiger partial charge in [-0.25, -0.2) is 4.98 Å². The number of hydrogen-bond acceptors (Lipinski definition) is 4. The second-order valence-electron chi connectivity index (χ2n) is 7.48. The Labute approximate surface area is 184 Å². The molecule has 162 valence electrons. The van der Waals surface area contributed by atoms with Crippen LogP contribution in [0.5, 0.6) is 5.75 Å². The van der Waals surface area contributed by atoms with Crippen LogP contribution in [0.1, 0.15) is 30.9 Å². The van der Waals surface area contributed by atoms with Crippen molar-refractivity contribution in [3.05, 3.63) is 58.9 Å². The summed E-state index contributed by atoms with van der Waals surface area (Å²) >= 11 is 5.86. The number of hydrogen-bond donors (Lipinski definition) is 2. The van der Waals surface area contributed by atoms with Crippen molar-refractivity contribution in [3.63, 3.8) is 0 Å². The molecule has 1 saturated heterocycles. The number of rotatable bonds is 8. The lowest BCUT2D eigenvalue weighted by atomic mass is 9.74. The van der Waals surface area contributed by atoms with Crippen molar-refractivity contribution in [2.75, 3.05) is 40.0 Å². The zero-order valence-corrected chi connectivity index (χ0v) is 18.5. The van der Waals surface area contributed by atoms with Crippen LogP contribution in [0.25, 0.3) is 0 Å². The van der Waals surface area contributed by atoms with E-state index in [4.69, 9.17) is 26.1 Å². The number of nitrogens with zero attached hydrogens (tertiary/aromatic N) is 2. The number of guanidine groups is 1. The standard InChI is InChI=1S/C23H31ClN4O2/c1-3-25-22(26-13-10-18-4-9-21(24)27-16-18)28-17-23(11-14-30-15-12-23)19-5-7-20(29-2)8-6-19/h4-9,16H,3,10-15,17H2,1-2H3,(H2,25,26,28). The quantitative estimate of drug-likeness (QED) is 0.380. The summed E-state index contributed by atoms with van der Waals surface area (Å²) in [4.78, 5) is 9.08. The Kier molecular flexibility index (Phi) is 8.34. The molecule has 0 aliphatic carbocycles. The topological polar surface area (TPSA) is 67.8 Å². The highest BCUT2D eigenvalue weighted by Crippen LogP contribution is 2.36. The van der Waals surface area contributed by atoms with E-state index in [2.05, 4.69) is 34.7 Å². The lowest BCUT2D eigenvalue weighted by Crippen LogP contribution is -2.41. The molecule has 1 aliphatic rings. The molecule has 0 saturated carbocycles. The summed E-state index contributed by atoms with van der Waals surface area (Å²) in [5, 5.41) is 7.31. The van der Waals surface area contributed by atoms with Crippen LogP contribution in [0.3, 0.4) is 0 Å². The normalized spacial score (nSPS) is 16.2. The van der Waals surface area contributed by atoms with E-state index in [0.29, 0.717) is 11.7 Å². The van der Waals surface area contributed by atoms with E-state index in [1.807, 2.05) is 30.5 Å². The van der Waals surface area contributed by atoms with Gasteiger partial charge < -0.3 is 20.1 Å². The van der Waals surface area contributed by atoms with E-state index in [9.17, 15) is 0 Å². The molecular weight excluding hydrogens is 400 g/mol. The zero-order valence-electron chi connectivity index (χ0n) is 17.8. The third kappa shape index (κ3) is 6.09. The molecule has 0 amide bonds. The summed E-state index contributed by atoms with van der Waals surface area (Å²) in [5.74, 6) is 1.70. The number of aromatic nitrogens is 1. The smallest absolute Gasteiger partial charge is 0.191 e. The number of nitrogens with one attached hydrogen (secondary N) is 2. The number of ether oxygens (including phenoxy) is 2. The first kappa shape index (κ1) is 22.4. The summed E-state index contributed by atoms with van der Waals surface area (Å²) in [5.41, 5.74) is 2.41. The molecule has 6 nitrogen and oxygen atoms in total. The molecule has 30 heavy (non-hydrogen) atoms. The van der Waals surface area contributed by atoms with E-state index in [0.717, 1.165) is 62.8 Å². The summed E-state index contributed by atoms with van der Waals surface area (Å²) in [6.45, 7) is 5.89. The highest BCUT2D eigenvalue weighted by Gasteiger charge is 2.34. The molecule has 2 heterocycles.